The Morgan fingerprint density at radius 1 is 1.26 bits per heavy atom. The number of anilines is 1. The molecule has 0 saturated carbocycles. The summed E-state index contributed by atoms with van der Waals surface area (Å²) < 4.78 is 0. The van der Waals surface area contributed by atoms with E-state index in [9.17, 15) is 9.59 Å². The number of benzene rings is 1. The molecule has 1 aromatic carbocycles. The van der Waals surface area contributed by atoms with E-state index in [0.717, 1.165) is 19.4 Å². The van der Waals surface area contributed by atoms with E-state index < -0.39 is 0 Å². The molecule has 2 rings (SSSR count). The standard InChI is InChI=1S/C17H26N4O2/c1-11(2)19-17(23)21-15-8-5-4-7-13(15)16(22)20-14-9-6-10-18-12(14)3/h4-5,7-8,11-12,14,18H,6,9-10H2,1-3H3,(H,20,22)(H2,19,21,23). The van der Waals surface area contributed by atoms with Gasteiger partial charge in [0.15, 0.2) is 0 Å². The Labute approximate surface area is 137 Å². The average Bonchev–Trinajstić information content (AvgIpc) is 2.49. The average molecular weight is 318 g/mol. The Morgan fingerprint density at radius 3 is 2.70 bits per heavy atom. The predicted molar refractivity (Wildman–Crippen MR) is 91.7 cm³/mol. The van der Waals surface area contributed by atoms with Crippen molar-refractivity contribution >= 4 is 17.6 Å². The fourth-order valence-electron chi connectivity index (χ4n) is 2.70. The minimum absolute atomic E-state index is 0.0325. The van der Waals surface area contributed by atoms with Gasteiger partial charge >= 0.3 is 6.03 Å². The maximum absolute atomic E-state index is 12.6. The largest absolute Gasteiger partial charge is 0.348 e. The number of carbonyl (C=O) groups excluding carboxylic acids is 2. The molecular formula is C17H26N4O2. The lowest BCUT2D eigenvalue weighted by molar-refractivity contribution is 0.0920. The van der Waals surface area contributed by atoms with Crippen molar-refractivity contribution in [2.75, 3.05) is 11.9 Å². The maximum atomic E-state index is 12.6. The summed E-state index contributed by atoms with van der Waals surface area (Å²) in [7, 11) is 0. The normalized spacial score (nSPS) is 20.9. The second kappa shape index (κ2) is 7.97. The van der Waals surface area contributed by atoms with Crippen LogP contribution in [0.3, 0.4) is 0 Å². The van der Waals surface area contributed by atoms with E-state index in [1.54, 1.807) is 24.3 Å². The van der Waals surface area contributed by atoms with Crippen LogP contribution in [0.1, 0.15) is 44.0 Å². The summed E-state index contributed by atoms with van der Waals surface area (Å²) in [6.45, 7) is 6.83. The molecule has 1 aromatic rings. The van der Waals surface area contributed by atoms with Crippen LogP contribution in [0.5, 0.6) is 0 Å². The molecule has 1 heterocycles. The molecule has 6 heteroatoms. The van der Waals surface area contributed by atoms with Crippen LogP contribution >= 0.6 is 0 Å². The van der Waals surface area contributed by atoms with Crippen LogP contribution in [0.4, 0.5) is 10.5 Å². The quantitative estimate of drug-likeness (QED) is 0.686. The number of carbonyl (C=O) groups is 2. The van der Waals surface area contributed by atoms with Gasteiger partial charge in [0, 0.05) is 18.1 Å². The third-order valence-corrected chi connectivity index (χ3v) is 3.92. The molecule has 126 valence electrons. The minimum Gasteiger partial charge on any atom is -0.348 e. The highest BCUT2D eigenvalue weighted by molar-refractivity contribution is 6.03. The molecule has 2 unspecified atom stereocenters. The van der Waals surface area contributed by atoms with Crippen molar-refractivity contribution in [3.63, 3.8) is 0 Å². The van der Waals surface area contributed by atoms with Gasteiger partial charge in [-0.3, -0.25) is 4.79 Å². The zero-order chi connectivity index (χ0) is 16.8. The van der Waals surface area contributed by atoms with Gasteiger partial charge in [-0.05, 0) is 52.3 Å². The van der Waals surface area contributed by atoms with Crippen molar-refractivity contribution in [1.29, 1.82) is 0 Å². The summed E-state index contributed by atoms with van der Waals surface area (Å²) in [6.07, 6.45) is 2.01. The van der Waals surface area contributed by atoms with Crippen molar-refractivity contribution < 1.29 is 9.59 Å². The van der Waals surface area contributed by atoms with Gasteiger partial charge in [-0.1, -0.05) is 12.1 Å². The number of hydrogen-bond donors (Lipinski definition) is 4. The highest BCUT2D eigenvalue weighted by Crippen LogP contribution is 2.16. The molecule has 1 saturated heterocycles. The molecule has 1 aliphatic heterocycles. The lowest BCUT2D eigenvalue weighted by atomic mass is 9.99. The molecule has 0 aromatic heterocycles. The molecule has 6 nitrogen and oxygen atoms in total. The molecule has 1 fully saturated rings. The topological polar surface area (TPSA) is 82.3 Å². The number of urea groups is 1. The molecule has 0 radical (unpaired) electrons. The molecule has 2 atom stereocenters. The second-order valence-electron chi connectivity index (χ2n) is 6.26. The van der Waals surface area contributed by atoms with Crippen molar-refractivity contribution in [3.05, 3.63) is 29.8 Å². The van der Waals surface area contributed by atoms with E-state index in [-0.39, 0.29) is 30.1 Å². The van der Waals surface area contributed by atoms with Crippen molar-refractivity contribution in [3.8, 4) is 0 Å². The zero-order valence-electron chi connectivity index (χ0n) is 14.0. The summed E-state index contributed by atoms with van der Waals surface area (Å²) in [5.74, 6) is -0.161. The Hall–Kier alpha value is -2.08. The van der Waals surface area contributed by atoms with Gasteiger partial charge in [-0.25, -0.2) is 4.79 Å². The van der Waals surface area contributed by atoms with Crippen LogP contribution in [0.15, 0.2) is 24.3 Å². The van der Waals surface area contributed by atoms with E-state index in [1.807, 2.05) is 13.8 Å². The fourth-order valence-corrected chi connectivity index (χ4v) is 2.70. The van der Waals surface area contributed by atoms with Crippen LogP contribution in [0.2, 0.25) is 0 Å². The predicted octanol–water partition coefficient (Wildman–Crippen LogP) is 2.09. The first-order valence-electron chi connectivity index (χ1n) is 8.18. The van der Waals surface area contributed by atoms with Crippen LogP contribution < -0.4 is 21.3 Å². The van der Waals surface area contributed by atoms with Gasteiger partial charge in [0.05, 0.1) is 11.3 Å². The Bertz CT molecular complexity index is 559. The second-order valence-corrected chi connectivity index (χ2v) is 6.26. The highest BCUT2D eigenvalue weighted by Gasteiger charge is 2.24. The molecule has 1 aliphatic rings. The van der Waals surface area contributed by atoms with E-state index in [1.165, 1.54) is 0 Å². The van der Waals surface area contributed by atoms with Crippen molar-refractivity contribution in [2.24, 2.45) is 0 Å². The summed E-state index contributed by atoms with van der Waals surface area (Å²) in [6, 6.07) is 7.12. The summed E-state index contributed by atoms with van der Waals surface area (Å²) in [5.41, 5.74) is 0.990. The fraction of sp³-hybridized carbons (Fsp3) is 0.529. The molecule has 23 heavy (non-hydrogen) atoms. The monoisotopic (exact) mass is 318 g/mol. The van der Waals surface area contributed by atoms with Gasteiger partial charge in [0.1, 0.15) is 0 Å². The first kappa shape index (κ1) is 17.3. The number of piperidine rings is 1. The number of nitrogens with one attached hydrogen (secondary N) is 4. The van der Waals surface area contributed by atoms with Gasteiger partial charge in [-0.2, -0.15) is 0 Å². The van der Waals surface area contributed by atoms with E-state index in [4.69, 9.17) is 0 Å². The summed E-state index contributed by atoms with van der Waals surface area (Å²) >= 11 is 0. The van der Waals surface area contributed by atoms with Gasteiger partial charge in [0.2, 0.25) is 0 Å². The van der Waals surface area contributed by atoms with E-state index in [2.05, 4.69) is 28.2 Å². The third kappa shape index (κ3) is 4.96. The molecule has 3 amide bonds. The van der Waals surface area contributed by atoms with Gasteiger partial charge in [0.25, 0.3) is 5.91 Å². The zero-order valence-corrected chi connectivity index (χ0v) is 14.0. The molecule has 0 bridgehead atoms. The number of amides is 3. The lowest BCUT2D eigenvalue weighted by Gasteiger charge is -2.30. The van der Waals surface area contributed by atoms with Gasteiger partial charge < -0.3 is 21.3 Å². The van der Waals surface area contributed by atoms with Crippen LogP contribution in [0.25, 0.3) is 0 Å². The first-order valence-corrected chi connectivity index (χ1v) is 8.18. The maximum Gasteiger partial charge on any atom is 0.319 e. The molecule has 4 N–H and O–H groups in total. The van der Waals surface area contributed by atoms with Crippen molar-refractivity contribution in [1.82, 2.24) is 16.0 Å². The van der Waals surface area contributed by atoms with Crippen LogP contribution in [0, 0.1) is 0 Å². The van der Waals surface area contributed by atoms with E-state index >= 15 is 0 Å². The van der Waals surface area contributed by atoms with Gasteiger partial charge in [-0.15, -0.1) is 0 Å². The smallest absolute Gasteiger partial charge is 0.319 e. The summed E-state index contributed by atoms with van der Waals surface area (Å²) in [4.78, 5) is 24.4. The molecule has 0 aliphatic carbocycles. The van der Waals surface area contributed by atoms with Crippen LogP contribution in [-0.4, -0.2) is 36.6 Å². The van der Waals surface area contributed by atoms with Crippen molar-refractivity contribution in [2.45, 2.75) is 51.7 Å². The number of hydrogen-bond acceptors (Lipinski definition) is 3. The first-order chi connectivity index (χ1) is 11.0. The minimum atomic E-state index is -0.312. The lowest BCUT2D eigenvalue weighted by Crippen LogP contribution is -2.52. The molecule has 0 spiro atoms. The Balaban J connectivity index is 2.06. The Kier molecular flexibility index (Phi) is 5.98. The Morgan fingerprint density at radius 2 is 2.00 bits per heavy atom. The number of rotatable bonds is 4. The van der Waals surface area contributed by atoms with Crippen LogP contribution in [-0.2, 0) is 0 Å². The third-order valence-electron chi connectivity index (χ3n) is 3.92. The summed E-state index contributed by atoms with van der Waals surface area (Å²) in [5, 5.41) is 11.9. The SMILES string of the molecule is CC(C)NC(=O)Nc1ccccc1C(=O)NC1CCCNC1C. The number of para-hydroxylation sites is 1. The molecular weight excluding hydrogens is 292 g/mol. The highest BCUT2D eigenvalue weighted by atomic mass is 16.2. The van der Waals surface area contributed by atoms with E-state index in [0.29, 0.717) is 11.3 Å².